The van der Waals surface area contributed by atoms with Crippen LogP contribution in [0.3, 0.4) is 0 Å². The Labute approximate surface area is 149 Å². The van der Waals surface area contributed by atoms with Crippen LogP contribution < -0.4 is 36.1 Å². The van der Waals surface area contributed by atoms with E-state index in [0.717, 1.165) is 38.3 Å². The smallest absolute Gasteiger partial charge is 0.163 e. The summed E-state index contributed by atoms with van der Waals surface area (Å²) >= 11 is 0. The van der Waals surface area contributed by atoms with E-state index in [9.17, 15) is 0 Å². The van der Waals surface area contributed by atoms with Crippen molar-refractivity contribution in [3.63, 3.8) is 0 Å². The third-order valence-electron chi connectivity index (χ3n) is 4.40. The van der Waals surface area contributed by atoms with Crippen LogP contribution in [-0.2, 0) is 4.74 Å². The maximum Gasteiger partial charge on any atom is 0.163 e. The van der Waals surface area contributed by atoms with E-state index in [1.54, 1.807) is 7.11 Å². The van der Waals surface area contributed by atoms with Gasteiger partial charge in [0.25, 0.3) is 0 Å². The molecule has 3 rings (SSSR count). The molecular weight excluding hydrogens is 322 g/mol. The number of nitrogens with one attached hydrogen (secondary N) is 5. The standard InChI is InChI=1S/C17H29N5O3/c1-18-16-5-6-20-17(22-16)21-12-3-4-14(23-2)15(9-12)25-11-13-10-19-7-8-24-13/h3-4,9,13,16-22H,5-8,10-11H2,1-2H3/t13-,16?,17?/m1/s1. The van der Waals surface area contributed by atoms with Crippen molar-refractivity contribution in [3.05, 3.63) is 18.2 Å². The lowest BCUT2D eigenvalue weighted by molar-refractivity contribution is -0.000253. The van der Waals surface area contributed by atoms with Crippen LogP contribution in [-0.4, -0.2) is 65.6 Å². The maximum atomic E-state index is 5.96. The Hall–Kier alpha value is -1.58. The molecule has 2 fully saturated rings. The van der Waals surface area contributed by atoms with Gasteiger partial charge in [0.1, 0.15) is 19.0 Å². The highest BCUT2D eigenvalue weighted by Gasteiger charge is 2.19. The van der Waals surface area contributed by atoms with Crippen LogP contribution in [0, 0.1) is 0 Å². The molecule has 8 heteroatoms. The number of methoxy groups -OCH3 is 1. The van der Waals surface area contributed by atoms with Crippen molar-refractivity contribution in [3.8, 4) is 11.5 Å². The Morgan fingerprint density at radius 2 is 2.20 bits per heavy atom. The summed E-state index contributed by atoms with van der Waals surface area (Å²) in [6.45, 7) is 3.87. The summed E-state index contributed by atoms with van der Waals surface area (Å²) in [4.78, 5) is 0. The third-order valence-corrected chi connectivity index (χ3v) is 4.40. The van der Waals surface area contributed by atoms with Crippen molar-refractivity contribution in [2.24, 2.45) is 0 Å². The highest BCUT2D eigenvalue weighted by Crippen LogP contribution is 2.30. The van der Waals surface area contributed by atoms with Crippen LogP contribution in [0.2, 0.25) is 0 Å². The van der Waals surface area contributed by atoms with E-state index in [4.69, 9.17) is 14.2 Å². The first-order valence-corrected chi connectivity index (χ1v) is 8.85. The number of hydrogen-bond donors (Lipinski definition) is 5. The molecule has 2 heterocycles. The third kappa shape index (κ3) is 5.20. The van der Waals surface area contributed by atoms with Gasteiger partial charge >= 0.3 is 0 Å². The van der Waals surface area contributed by atoms with Gasteiger partial charge in [0.05, 0.1) is 19.9 Å². The van der Waals surface area contributed by atoms with Crippen LogP contribution in [0.25, 0.3) is 0 Å². The summed E-state index contributed by atoms with van der Waals surface area (Å²) in [6.07, 6.45) is 1.40. The fraction of sp³-hybridized carbons (Fsp3) is 0.647. The number of anilines is 1. The van der Waals surface area contributed by atoms with E-state index in [-0.39, 0.29) is 12.4 Å². The van der Waals surface area contributed by atoms with Crippen molar-refractivity contribution >= 4 is 5.69 Å². The molecule has 0 aliphatic carbocycles. The summed E-state index contributed by atoms with van der Waals surface area (Å²) in [5.74, 6) is 1.43. The van der Waals surface area contributed by atoms with Crippen molar-refractivity contribution in [1.29, 1.82) is 0 Å². The molecule has 0 spiro atoms. The molecule has 0 bridgehead atoms. The molecule has 2 unspecified atom stereocenters. The number of morpholine rings is 1. The summed E-state index contributed by atoms with van der Waals surface area (Å²) in [6, 6.07) is 5.86. The lowest BCUT2D eigenvalue weighted by atomic mass is 10.2. The van der Waals surface area contributed by atoms with E-state index >= 15 is 0 Å². The van der Waals surface area contributed by atoms with E-state index in [0.29, 0.717) is 24.3 Å². The molecule has 25 heavy (non-hydrogen) atoms. The van der Waals surface area contributed by atoms with Gasteiger partial charge in [-0.25, -0.2) is 0 Å². The first-order valence-electron chi connectivity index (χ1n) is 8.85. The van der Waals surface area contributed by atoms with E-state index in [1.165, 1.54) is 0 Å². The minimum absolute atomic E-state index is 0.00155. The van der Waals surface area contributed by atoms with Crippen LogP contribution >= 0.6 is 0 Å². The van der Waals surface area contributed by atoms with E-state index in [1.807, 2.05) is 25.2 Å². The molecule has 0 saturated carbocycles. The average Bonchev–Trinajstić information content (AvgIpc) is 2.67. The molecule has 8 nitrogen and oxygen atoms in total. The molecule has 2 aliphatic heterocycles. The normalized spacial score (nSPS) is 26.9. The fourth-order valence-corrected chi connectivity index (χ4v) is 2.99. The monoisotopic (exact) mass is 351 g/mol. The number of ether oxygens (including phenoxy) is 3. The van der Waals surface area contributed by atoms with Gasteiger partial charge in [-0.1, -0.05) is 0 Å². The Morgan fingerprint density at radius 1 is 1.28 bits per heavy atom. The van der Waals surface area contributed by atoms with E-state index < -0.39 is 0 Å². The predicted molar refractivity (Wildman–Crippen MR) is 97.1 cm³/mol. The number of rotatable bonds is 7. The van der Waals surface area contributed by atoms with Crippen LogP contribution in [0.15, 0.2) is 18.2 Å². The highest BCUT2D eigenvalue weighted by atomic mass is 16.5. The molecule has 1 aromatic carbocycles. The van der Waals surface area contributed by atoms with Crippen molar-refractivity contribution in [2.45, 2.75) is 25.0 Å². The molecule has 1 aromatic rings. The second-order valence-electron chi connectivity index (χ2n) is 6.20. The molecule has 140 valence electrons. The van der Waals surface area contributed by atoms with Crippen molar-refractivity contribution in [1.82, 2.24) is 21.3 Å². The number of hydrogen-bond acceptors (Lipinski definition) is 8. The summed E-state index contributed by atoms with van der Waals surface area (Å²) in [7, 11) is 3.61. The fourth-order valence-electron chi connectivity index (χ4n) is 2.99. The van der Waals surface area contributed by atoms with Gasteiger partial charge in [-0.15, -0.1) is 0 Å². The van der Waals surface area contributed by atoms with Crippen molar-refractivity contribution < 1.29 is 14.2 Å². The second kappa shape index (κ2) is 9.21. The number of benzene rings is 1. The van der Waals surface area contributed by atoms with Crippen LogP contribution in [0.1, 0.15) is 6.42 Å². The Morgan fingerprint density at radius 3 is 2.96 bits per heavy atom. The van der Waals surface area contributed by atoms with Crippen LogP contribution in [0.5, 0.6) is 11.5 Å². The highest BCUT2D eigenvalue weighted by molar-refractivity contribution is 5.55. The van der Waals surface area contributed by atoms with Crippen LogP contribution in [0.4, 0.5) is 5.69 Å². The average molecular weight is 351 g/mol. The first-order chi connectivity index (χ1) is 12.3. The Kier molecular flexibility index (Phi) is 6.71. The van der Waals surface area contributed by atoms with Gasteiger partial charge in [0, 0.05) is 31.4 Å². The quantitative estimate of drug-likeness (QED) is 0.465. The lowest BCUT2D eigenvalue weighted by Gasteiger charge is -2.33. The zero-order valence-electron chi connectivity index (χ0n) is 14.9. The minimum Gasteiger partial charge on any atom is -0.493 e. The van der Waals surface area contributed by atoms with Gasteiger partial charge < -0.3 is 30.2 Å². The molecule has 2 aliphatic rings. The zero-order chi connectivity index (χ0) is 17.5. The molecule has 0 amide bonds. The molecule has 0 aromatic heterocycles. The minimum atomic E-state index is -0.00155. The SMILES string of the molecule is CNC1CCNC(Nc2ccc(OC)c(OC[C@H]3CNCCO3)c2)N1. The maximum absolute atomic E-state index is 5.96. The van der Waals surface area contributed by atoms with Gasteiger partial charge in [0.15, 0.2) is 11.5 Å². The van der Waals surface area contributed by atoms with Gasteiger partial charge in [-0.05, 0) is 25.6 Å². The lowest BCUT2D eigenvalue weighted by Crippen LogP contribution is -2.61. The van der Waals surface area contributed by atoms with Gasteiger partial charge in [-0.2, -0.15) is 0 Å². The topological polar surface area (TPSA) is 87.8 Å². The van der Waals surface area contributed by atoms with Gasteiger partial charge in [0.2, 0.25) is 0 Å². The molecule has 2 saturated heterocycles. The molecule has 5 N–H and O–H groups in total. The largest absolute Gasteiger partial charge is 0.493 e. The second-order valence-corrected chi connectivity index (χ2v) is 6.20. The Bertz CT molecular complexity index is 539. The molecule has 3 atom stereocenters. The van der Waals surface area contributed by atoms with Gasteiger partial charge in [-0.3, -0.25) is 10.6 Å². The van der Waals surface area contributed by atoms with E-state index in [2.05, 4.69) is 26.6 Å². The predicted octanol–water partition coefficient (Wildman–Crippen LogP) is -0.114. The molecule has 0 radical (unpaired) electrons. The first kappa shape index (κ1) is 18.2. The summed E-state index contributed by atoms with van der Waals surface area (Å²) in [5, 5.41) is 16.8. The zero-order valence-corrected chi connectivity index (χ0v) is 14.9. The van der Waals surface area contributed by atoms with Crippen molar-refractivity contribution in [2.75, 3.05) is 52.3 Å². The summed E-state index contributed by atoms with van der Waals surface area (Å²) < 4.78 is 17.0. The Balaban J connectivity index is 1.60. The molecular formula is C17H29N5O3. The summed E-state index contributed by atoms with van der Waals surface area (Å²) in [5.41, 5.74) is 0.959.